The lowest BCUT2D eigenvalue weighted by atomic mass is 9.32. The number of allylic oxidation sites excluding steroid dienone is 3. The molecule has 9 atom stereocenters. The van der Waals surface area contributed by atoms with Crippen molar-refractivity contribution < 1.29 is 0 Å². The normalized spacial score (nSPS) is 46.6. The molecule has 0 aliphatic heterocycles. The third-order valence-corrected chi connectivity index (χ3v) is 14.5. The third-order valence-electron chi connectivity index (χ3n) is 14.5. The maximum atomic E-state index is 4.70. The van der Waals surface area contributed by atoms with Crippen molar-refractivity contribution in [1.82, 2.24) is 0 Å². The number of benzene rings is 1. The zero-order valence-electron chi connectivity index (χ0n) is 26.4. The molecule has 1 aromatic rings. The number of fused-ring (bicyclic) bond motifs is 7. The summed E-state index contributed by atoms with van der Waals surface area (Å²) in [6.07, 6.45) is 17.3. The number of hydrogen-bond donors (Lipinski definition) is 0. The molecule has 5 aliphatic carbocycles. The lowest BCUT2D eigenvalue weighted by Gasteiger charge is -2.72. The highest BCUT2D eigenvalue weighted by Crippen LogP contribution is 2.77. The van der Waals surface area contributed by atoms with Crippen LogP contribution in [0.1, 0.15) is 110 Å². The Balaban J connectivity index is 1.39. The van der Waals surface area contributed by atoms with Gasteiger partial charge in [0.1, 0.15) is 0 Å². The van der Waals surface area contributed by atoms with Gasteiger partial charge >= 0.3 is 0 Å². The topological polar surface area (TPSA) is 12.4 Å². The third kappa shape index (κ3) is 3.59. The van der Waals surface area contributed by atoms with Crippen LogP contribution in [0.4, 0.5) is 0 Å². The van der Waals surface area contributed by atoms with Gasteiger partial charge in [-0.2, -0.15) is 0 Å². The Morgan fingerprint density at radius 2 is 1.59 bits per heavy atom. The van der Waals surface area contributed by atoms with Crippen molar-refractivity contribution in [3.8, 4) is 0 Å². The Morgan fingerprint density at radius 3 is 2.26 bits per heavy atom. The molecule has 0 N–H and O–H groups in total. The highest BCUT2D eigenvalue weighted by Gasteiger charge is 2.70. The Morgan fingerprint density at radius 1 is 0.872 bits per heavy atom. The second-order valence-electron chi connectivity index (χ2n) is 16.2. The van der Waals surface area contributed by atoms with Crippen molar-refractivity contribution in [3.63, 3.8) is 0 Å². The highest BCUT2D eigenvalue weighted by atomic mass is 14.8. The molecule has 1 nitrogen and oxygen atoms in total. The summed E-state index contributed by atoms with van der Waals surface area (Å²) in [5, 5.41) is 0. The Bertz CT molecular complexity index is 1200. The van der Waals surface area contributed by atoms with E-state index >= 15 is 0 Å². The van der Waals surface area contributed by atoms with Crippen LogP contribution in [0, 0.1) is 63.6 Å². The molecule has 5 aliphatic rings. The number of aliphatic imine (C=N–C) groups is 1. The Hall–Kier alpha value is -1.63. The predicted molar refractivity (Wildman–Crippen MR) is 168 cm³/mol. The van der Waals surface area contributed by atoms with E-state index in [4.69, 9.17) is 4.99 Å². The van der Waals surface area contributed by atoms with Crippen LogP contribution in [-0.2, 0) is 0 Å². The van der Waals surface area contributed by atoms with Crippen molar-refractivity contribution in [1.29, 1.82) is 0 Å². The van der Waals surface area contributed by atoms with Crippen molar-refractivity contribution in [2.24, 2.45) is 61.7 Å². The van der Waals surface area contributed by atoms with Gasteiger partial charge in [0.25, 0.3) is 0 Å². The lowest BCUT2D eigenvalue weighted by Crippen LogP contribution is -2.65. The quantitative estimate of drug-likeness (QED) is 0.275. The van der Waals surface area contributed by atoms with Crippen LogP contribution in [-0.4, -0.2) is 13.3 Å². The SMILES string of the molecule is C=C(C)[C@@H]1CC[C@]2(C=NC)CC[C@]3(C)[C@H](CC[C@@H]4[C@@]5(C)CC=C(c6ccc(C)cc6)C(C)(C)[C@@H]5CC[C@]43C)[C@@H]12. The van der Waals surface area contributed by atoms with Gasteiger partial charge in [0.2, 0.25) is 0 Å². The van der Waals surface area contributed by atoms with Gasteiger partial charge in [-0.1, -0.05) is 82.7 Å². The molecular weight excluding hydrogens is 470 g/mol. The molecule has 0 unspecified atom stereocenters. The van der Waals surface area contributed by atoms with Crippen LogP contribution in [0.25, 0.3) is 5.57 Å². The summed E-state index contributed by atoms with van der Waals surface area (Å²) >= 11 is 0. The van der Waals surface area contributed by atoms with E-state index in [1.165, 1.54) is 74.5 Å². The van der Waals surface area contributed by atoms with E-state index in [2.05, 4.69) is 91.6 Å². The monoisotopic (exact) mass is 525 g/mol. The van der Waals surface area contributed by atoms with Gasteiger partial charge in [0, 0.05) is 18.7 Å². The molecule has 0 radical (unpaired) electrons. The smallest absolute Gasteiger partial charge is 0.0273 e. The predicted octanol–water partition coefficient (Wildman–Crippen LogP) is 10.3. The van der Waals surface area contributed by atoms with Gasteiger partial charge in [-0.05, 0) is 134 Å². The highest BCUT2D eigenvalue weighted by molar-refractivity contribution is 5.72. The van der Waals surface area contributed by atoms with Crippen molar-refractivity contribution in [2.45, 2.75) is 106 Å². The van der Waals surface area contributed by atoms with Crippen molar-refractivity contribution >= 4 is 11.8 Å². The maximum Gasteiger partial charge on any atom is 0.0273 e. The summed E-state index contributed by atoms with van der Waals surface area (Å²) in [6.45, 7) is 22.5. The van der Waals surface area contributed by atoms with Gasteiger partial charge in [-0.25, -0.2) is 0 Å². The van der Waals surface area contributed by atoms with Gasteiger partial charge < -0.3 is 4.99 Å². The van der Waals surface area contributed by atoms with Crippen LogP contribution >= 0.6 is 0 Å². The van der Waals surface area contributed by atoms with Crippen LogP contribution < -0.4 is 0 Å². The second-order valence-corrected chi connectivity index (χ2v) is 16.2. The van der Waals surface area contributed by atoms with Gasteiger partial charge in [0.15, 0.2) is 0 Å². The summed E-state index contributed by atoms with van der Waals surface area (Å²) < 4.78 is 0. The fourth-order valence-corrected chi connectivity index (χ4v) is 12.5. The van der Waals surface area contributed by atoms with E-state index < -0.39 is 0 Å². The zero-order chi connectivity index (χ0) is 28.0. The molecule has 0 amide bonds. The molecule has 0 bridgehead atoms. The molecule has 1 aromatic carbocycles. The number of nitrogens with zero attached hydrogens (tertiary/aromatic N) is 1. The van der Waals surface area contributed by atoms with E-state index in [9.17, 15) is 0 Å². The van der Waals surface area contributed by atoms with Crippen molar-refractivity contribution in [2.75, 3.05) is 7.05 Å². The first-order chi connectivity index (χ1) is 18.3. The van der Waals surface area contributed by atoms with Crippen LogP contribution in [0.15, 0.2) is 47.5 Å². The fraction of sp³-hybridized carbons (Fsp3) is 0.711. The maximum absolute atomic E-state index is 4.70. The first kappa shape index (κ1) is 27.5. The molecule has 0 aromatic heterocycles. The van der Waals surface area contributed by atoms with Crippen LogP contribution in [0.2, 0.25) is 0 Å². The summed E-state index contributed by atoms with van der Waals surface area (Å²) in [4.78, 5) is 4.70. The molecule has 1 heteroatoms. The van der Waals surface area contributed by atoms with E-state index in [-0.39, 0.29) is 5.41 Å². The largest absolute Gasteiger partial charge is 0.300 e. The molecule has 0 spiro atoms. The van der Waals surface area contributed by atoms with E-state index in [0.717, 1.165) is 23.7 Å². The average Bonchev–Trinajstić information content (AvgIpc) is 3.25. The molecule has 4 saturated carbocycles. The second kappa shape index (κ2) is 8.93. The summed E-state index contributed by atoms with van der Waals surface area (Å²) in [6, 6.07) is 9.35. The molecule has 0 saturated heterocycles. The van der Waals surface area contributed by atoms with E-state index in [1.54, 1.807) is 5.57 Å². The molecule has 39 heavy (non-hydrogen) atoms. The molecule has 212 valence electrons. The van der Waals surface area contributed by atoms with E-state index in [0.29, 0.717) is 27.6 Å². The average molecular weight is 526 g/mol. The summed E-state index contributed by atoms with van der Waals surface area (Å²) in [5.74, 6) is 3.75. The molecule has 6 rings (SSSR count). The van der Waals surface area contributed by atoms with Crippen LogP contribution in [0.5, 0.6) is 0 Å². The first-order valence-corrected chi connectivity index (χ1v) is 16.2. The van der Waals surface area contributed by atoms with Crippen LogP contribution in [0.3, 0.4) is 0 Å². The van der Waals surface area contributed by atoms with Gasteiger partial charge in [-0.15, -0.1) is 0 Å². The molecule has 0 heterocycles. The number of aryl methyl sites for hydroxylation is 1. The summed E-state index contributed by atoms with van der Waals surface area (Å²) in [5.41, 5.74) is 7.54. The fourth-order valence-electron chi connectivity index (χ4n) is 12.5. The number of hydrogen-bond acceptors (Lipinski definition) is 1. The summed E-state index contributed by atoms with van der Waals surface area (Å²) in [7, 11) is 2.01. The Kier molecular flexibility index (Phi) is 6.31. The standard InChI is InChI=1S/C38H55N/c1-25(2)28-16-21-38(24-39-9)23-22-36(7)30(33(28)38)14-15-32-35(6)19-17-29(27-12-10-26(3)11-13-27)34(4,5)31(35)18-20-37(32,36)8/h10-13,17,24,28,30-33H,1,14-16,18-23H2,2-9H3/t28-,30+,31-,32+,33+,35-,36+,37+,38+/m0/s1. The minimum absolute atomic E-state index is 0.206. The molecular formula is C38H55N. The first-order valence-electron chi connectivity index (χ1n) is 16.2. The van der Waals surface area contributed by atoms with Gasteiger partial charge in [-0.3, -0.25) is 0 Å². The van der Waals surface area contributed by atoms with Crippen molar-refractivity contribution in [3.05, 3.63) is 53.6 Å². The Labute approximate surface area is 240 Å². The zero-order valence-corrected chi connectivity index (χ0v) is 26.4. The number of rotatable bonds is 3. The molecule has 4 fully saturated rings. The minimum Gasteiger partial charge on any atom is -0.300 e. The minimum atomic E-state index is 0.206. The van der Waals surface area contributed by atoms with E-state index in [1.807, 2.05) is 7.05 Å². The lowest BCUT2D eigenvalue weighted by molar-refractivity contribution is -0.219. The van der Waals surface area contributed by atoms with Gasteiger partial charge in [0.05, 0.1) is 0 Å².